The molecule has 1 N–H and O–H groups in total. The number of halogens is 3. The molecule has 5 rings (SSSR count). The molecule has 0 aliphatic heterocycles. The van der Waals surface area contributed by atoms with Crippen LogP contribution >= 0.6 is 11.6 Å². The number of carbonyl (C=O) groups is 1. The number of hydrogen-bond acceptors (Lipinski definition) is 6. The van der Waals surface area contributed by atoms with Gasteiger partial charge in [-0.05, 0) is 36.4 Å². The number of methoxy groups -OCH3 is 1. The number of rotatable bonds is 8. The number of ether oxygens (including phenoxy) is 2. The molecule has 0 fully saturated rings. The van der Waals surface area contributed by atoms with Crippen LogP contribution in [0.4, 0.5) is 14.5 Å². The van der Waals surface area contributed by atoms with Crippen LogP contribution in [0.5, 0.6) is 11.5 Å². The third kappa shape index (κ3) is 5.07. The number of aromatic nitrogens is 5. The summed E-state index contributed by atoms with van der Waals surface area (Å²) in [6.07, 6.45) is 1.34. The maximum absolute atomic E-state index is 13.9. The van der Waals surface area contributed by atoms with E-state index in [2.05, 4.69) is 20.5 Å². The lowest BCUT2D eigenvalue weighted by Gasteiger charge is -2.11. The Bertz CT molecular complexity index is 1590. The minimum absolute atomic E-state index is 0.0153. The lowest BCUT2D eigenvalue weighted by molar-refractivity contribution is 0.102. The van der Waals surface area contributed by atoms with Gasteiger partial charge in [0.05, 0.1) is 37.1 Å². The number of nitrogens with one attached hydrogen (secondary N) is 1. The van der Waals surface area contributed by atoms with Crippen molar-refractivity contribution in [3.8, 4) is 22.8 Å². The summed E-state index contributed by atoms with van der Waals surface area (Å²) in [5, 5.41) is 11.4. The van der Waals surface area contributed by atoms with E-state index in [1.54, 1.807) is 54.7 Å². The van der Waals surface area contributed by atoms with Crippen molar-refractivity contribution in [1.82, 2.24) is 24.4 Å². The summed E-state index contributed by atoms with van der Waals surface area (Å²) in [6, 6.07) is 15.0. The summed E-state index contributed by atoms with van der Waals surface area (Å²) in [7, 11) is 1.48. The second kappa shape index (κ2) is 10.2. The Labute approximate surface area is 214 Å². The van der Waals surface area contributed by atoms with Crippen molar-refractivity contribution in [3.63, 3.8) is 0 Å². The minimum Gasteiger partial charge on any atom is -0.496 e. The van der Waals surface area contributed by atoms with E-state index in [9.17, 15) is 13.6 Å². The number of nitrogens with zero attached hydrogens (tertiary/aromatic N) is 5. The highest BCUT2D eigenvalue weighted by Gasteiger charge is 2.22. The Balaban J connectivity index is 1.41. The molecule has 0 aliphatic rings. The van der Waals surface area contributed by atoms with Gasteiger partial charge < -0.3 is 14.8 Å². The molecule has 0 saturated carbocycles. The Hall–Kier alpha value is -4.51. The van der Waals surface area contributed by atoms with Crippen molar-refractivity contribution in [2.75, 3.05) is 12.4 Å². The fourth-order valence-electron chi connectivity index (χ4n) is 3.69. The number of fused-ring (bicyclic) bond motifs is 1. The minimum atomic E-state index is -2.85. The number of para-hydroxylation sites is 1. The largest absolute Gasteiger partial charge is 0.496 e. The smallest absolute Gasteiger partial charge is 0.280 e. The van der Waals surface area contributed by atoms with Crippen molar-refractivity contribution in [2.24, 2.45) is 0 Å². The second-order valence-electron chi connectivity index (χ2n) is 7.81. The van der Waals surface area contributed by atoms with Crippen LogP contribution in [0, 0.1) is 0 Å². The quantitative estimate of drug-likeness (QED) is 0.289. The molecule has 0 radical (unpaired) electrons. The zero-order valence-electron chi connectivity index (χ0n) is 19.3. The number of alkyl halides is 2. The first kappa shape index (κ1) is 24.2. The average Bonchev–Trinajstić information content (AvgIpc) is 3.53. The molecule has 12 heteroatoms. The Kier molecular flexibility index (Phi) is 6.69. The van der Waals surface area contributed by atoms with Gasteiger partial charge in [-0.2, -0.15) is 10.2 Å². The van der Waals surface area contributed by atoms with E-state index >= 15 is 0 Å². The SMILES string of the molecule is COc1ccccc1-c1cc(C(F)F)n2ncc(C(=O)Nc3cnn(COc4cccc(Cl)c4)c3)c2n1. The first-order chi connectivity index (χ1) is 17.9. The van der Waals surface area contributed by atoms with Crippen LogP contribution in [-0.4, -0.2) is 37.4 Å². The van der Waals surface area contributed by atoms with Crippen LogP contribution in [0.1, 0.15) is 22.5 Å². The molecule has 3 aromatic heterocycles. The summed E-state index contributed by atoms with van der Waals surface area (Å²) in [4.78, 5) is 17.5. The molecule has 0 aliphatic carbocycles. The van der Waals surface area contributed by atoms with Gasteiger partial charge in [0.1, 0.15) is 22.8 Å². The predicted molar refractivity (Wildman–Crippen MR) is 132 cm³/mol. The van der Waals surface area contributed by atoms with Gasteiger partial charge in [0, 0.05) is 10.6 Å². The van der Waals surface area contributed by atoms with Gasteiger partial charge in [-0.1, -0.05) is 29.8 Å². The van der Waals surface area contributed by atoms with Gasteiger partial charge in [0.2, 0.25) is 0 Å². The van der Waals surface area contributed by atoms with E-state index in [4.69, 9.17) is 21.1 Å². The molecule has 2 aromatic carbocycles. The van der Waals surface area contributed by atoms with Crippen molar-refractivity contribution < 1.29 is 23.0 Å². The summed E-state index contributed by atoms with van der Waals surface area (Å²) >= 11 is 5.96. The fraction of sp³-hybridized carbons (Fsp3) is 0.120. The van der Waals surface area contributed by atoms with Gasteiger partial charge in [0.25, 0.3) is 12.3 Å². The highest BCUT2D eigenvalue weighted by molar-refractivity contribution is 6.30. The van der Waals surface area contributed by atoms with E-state index in [0.717, 1.165) is 4.52 Å². The van der Waals surface area contributed by atoms with Crippen LogP contribution in [0.2, 0.25) is 5.02 Å². The Morgan fingerprint density at radius 1 is 1.11 bits per heavy atom. The number of anilines is 1. The molecule has 0 atom stereocenters. The van der Waals surface area contributed by atoms with Crippen LogP contribution in [0.15, 0.2) is 73.2 Å². The third-order valence-corrected chi connectivity index (χ3v) is 5.64. The van der Waals surface area contributed by atoms with Crippen LogP contribution in [0.25, 0.3) is 16.9 Å². The molecule has 0 bridgehead atoms. The van der Waals surface area contributed by atoms with Gasteiger partial charge in [-0.25, -0.2) is 23.0 Å². The van der Waals surface area contributed by atoms with Crippen molar-refractivity contribution >= 4 is 28.8 Å². The molecule has 1 amide bonds. The van der Waals surface area contributed by atoms with E-state index in [1.165, 1.54) is 30.3 Å². The lowest BCUT2D eigenvalue weighted by Crippen LogP contribution is -2.12. The topological polar surface area (TPSA) is 95.6 Å². The van der Waals surface area contributed by atoms with Crippen LogP contribution in [0.3, 0.4) is 0 Å². The molecule has 3 heterocycles. The van der Waals surface area contributed by atoms with Crippen molar-refractivity contribution in [2.45, 2.75) is 13.2 Å². The van der Waals surface area contributed by atoms with Crippen molar-refractivity contribution in [3.05, 3.63) is 89.5 Å². The van der Waals surface area contributed by atoms with Crippen LogP contribution < -0.4 is 14.8 Å². The summed E-state index contributed by atoms with van der Waals surface area (Å²) in [5.41, 5.74) is 0.683. The zero-order valence-corrected chi connectivity index (χ0v) is 20.1. The third-order valence-electron chi connectivity index (χ3n) is 5.40. The van der Waals surface area contributed by atoms with E-state index in [-0.39, 0.29) is 23.6 Å². The Morgan fingerprint density at radius 3 is 2.73 bits per heavy atom. The number of amides is 1. The van der Waals surface area contributed by atoms with Gasteiger partial charge >= 0.3 is 0 Å². The number of hydrogen-bond donors (Lipinski definition) is 1. The second-order valence-corrected chi connectivity index (χ2v) is 8.25. The standard InChI is InChI=1S/C25H19ClF2N6O3/c1-36-22-8-3-2-7-18(22)20-10-21(23(27)28)34-24(32-20)19(12-30-34)25(35)31-16-11-29-33(13-16)14-37-17-6-4-5-15(26)9-17/h2-13,23H,14H2,1H3,(H,31,35). The molecular weight excluding hydrogens is 506 g/mol. The van der Waals surface area contributed by atoms with Gasteiger partial charge in [0.15, 0.2) is 12.4 Å². The number of benzene rings is 2. The first-order valence-electron chi connectivity index (χ1n) is 11.0. The predicted octanol–water partition coefficient (Wildman–Crippen LogP) is 5.48. The van der Waals surface area contributed by atoms with E-state index in [1.807, 2.05) is 0 Å². The molecule has 9 nitrogen and oxygen atoms in total. The molecule has 0 unspecified atom stereocenters. The summed E-state index contributed by atoms with van der Waals surface area (Å²) < 4.78 is 41.2. The molecule has 188 valence electrons. The maximum atomic E-state index is 13.9. The van der Waals surface area contributed by atoms with Crippen LogP contribution in [-0.2, 0) is 6.73 Å². The summed E-state index contributed by atoms with van der Waals surface area (Å²) in [5.74, 6) is 0.430. The zero-order chi connectivity index (χ0) is 25.9. The average molecular weight is 525 g/mol. The first-order valence-corrected chi connectivity index (χ1v) is 11.3. The highest BCUT2D eigenvalue weighted by Crippen LogP contribution is 2.32. The fourth-order valence-corrected chi connectivity index (χ4v) is 3.87. The van der Waals surface area contributed by atoms with Gasteiger partial charge in [-0.15, -0.1) is 0 Å². The maximum Gasteiger partial charge on any atom is 0.280 e. The molecule has 0 spiro atoms. The molecule has 0 saturated heterocycles. The summed E-state index contributed by atoms with van der Waals surface area (Å²) in [6.45, 7) is 0.0779. The van der Waals surface area contributed by atoms with E-state index in [0.29, 0.717) is 27.8 Å². The Morgan fingerprint density at radius 2 is 1.95 bits per heavy atom. The lowest BCUT2D eigenvalue weighted by atomic mass is 10.1. The molecule has 5 aromatic rings. The normalized spacial score (nSPS) is 11.2. The monoisotopic (exact) mass is 524 g/mol. The van der Waals surface area contributed by atoms with Gasteiger partial charge in [-0.3, -0.25) is 4.79 Å². The number of carbonyl (C=O) groups excluding carboxylic acids is 1. The van der Waals surface area contributed by atoms with E-state index < -0.39 is 18.0 Å². The van der Waals surface area contributed by atoms with Crippen molar-refractivity contribution in [1.29, 1.82) is 0 Å². The molecular formula is C25H19ClF2N6O3. The molecule has 37 heavy (non-hydrogen) atoms. The highest BCUT2D eigenvalue weighted by atomic mass is 35.5.